The third-order valence-electron chi connectivity index (χ3n) is 7.48. The Hall–Kier alpha value is -2.43. The van der Waals surface area contributed by atoms with Crippen molar-refractivity contribution in [2.75, 3.05) is 0 Å². The van der Waals surface area contributed by atoms with Gasteiger partial charge in [-0.05, 0) is 80.8 Å². The third kappa shape index (κ3) is 7.15. The van der Waals surface area contributed by atoms with Crippen molar-refractivity contribution in [2.45, 2.75) is 100 Å². The Balaban J connectivity index is 1.35. The van der Waals surface area contributed by atoms with E-state index in [1.807, 2.05) is 0 Å². The molecule has 0 aromatic heterocycles. The monoisotopic (exact) mass is 551 g/mol. The molecule has 1 fully saturated rings. The molecule has 0 spiro atoms. The van der Waals surface area contributed by atoms with Crippen molar-refractivity contribution in [1.29, 1.82) is 0 Å². The average Bonchev–Trinajstić information content (AvgIpc) is 3.36. The second-order valence-electron chi connectivity index (χ2n) is 10.6. The lowest BCUT2D eigenvalue weighted by atomic mass is 9.85. The maximum Gasteiger partial charge on any atom is 0.416 e. The molecule has 2 aliphatic carbocycles. The van der Waals surface area contributed by atoms with Gasteiger partial charge in [0, 0.05) is 24.5 Å². The van der Waals surface area contributed by atoms with Crippen LogP contribution < -0.4 is 15.4 Å². The lowest BCUT2D eigenvalue weighted by Gasteiger charge is -2.28. The largest absolute Gasteiger partial charge is 0.416 e. The van der Waals surface area contributed by atoms with Crippen LogP contribution in [0.2, 0.25) is 0 Å². The fourth-order valence-electron chi connectivity index (χ4n) is 5.54. The molecule has 1 unspecified atom stereocenters. The average molecular weight is 552 g/mol. The molecule has 0 saturated heterocycles. The zero-order chi connectivity index (χ0) is 27.5. The Morgan fingerprint density at radius 1 is 1.03 bits per heavy atom. The second-order valence-corrected chi connectivity index (χ2v) is 12.3. The topological polar surface area (TPSA) is 87.3 Å². The van der Waals surface area contributed by atoms with Gasteiger partial charge in [0.05, 0.1) is 16.5 Å². The number of rotatable bonds is 9. The molecule has 2 aromatic rings. The van der Waals surface area contributed by atoms with E-state index in [1.165, 1.54) is 43.7 Å². The van der Waals surface area contributed by atoms with Crippen LogP contribution in [0.1, 0.15) is 93.1 Å². The minimum Gasteiger partial charge on any atom is -0.349 e. The summed E-state index contributed by atoms with van der Waals surface area (Å²) in [5, 5.41) is 6.76. The van der Waals surface area contributed by atoms with Gasteiger partial charge in [-0.3, -0.25) is 4.79 Å². The molecule has 0 heterocycles. The van der Waals surface area contributed by atoms with Crippen LogP contribution in [0.5, 0.6) is 0 Å². The van der Waals surface area contributed by atoms with Crippen LogP contribution in [0, 0.1) is 0 Å². The van der Waals surface area contributed by atoms with Crippen LogP contribution in [0.25, 0.3) is 0 Å². The second kappa shape index (κ2) is 11.8. The van der Waals surface area contributed by atoms with Gasteiger partial charge in [0.2, 0.25) is 15.9 Å². The molecule has 2 aromatic carbocycles. The highest BCUT2D eigenvalue weighted by atomic mass is 32.2. The molecule has 3 N–H and O–H groups in total. The fraction of sp³-hybridized carbons (Fsp3) is 0.536. The summed E-state index contributed by atoms with van der Waals surface area (Å²) in [5.41, 5.74) is 2.49. The maximum atomic E-state index is 13.0. The van der Waals surface area contributed by atoms with Crippen LogP contribution in [0.4, 0.5) is 13.2 Å². The van der Waals surface area contributed by atoms with Gasteiger partial charge in [0.1, 0.15) is 0 Å². The summed E-state index contributed by atoms with van der Waals surface area (Å²) in [7, 11) is -4.23. The first-order chi connectivity index (χ1) is 17.9. The van der Waals surface area contributed by atoms with Crippen molar-refractivity contribution in [1.82, 2.24) is 15.4 Å². The Bertz CT molecular complexity index is 1240. The number of sulfonamides is 1. The number of alkyl halides is 3. The van der Waals surface area contributed by atoms with E-state index in [0.29, 0.717) is 12.1 Å². The molecule has 1 saturated carbocycles. The highest BCUT2D eigenvalue weighted by Gasteiger charge is 2.32. The molecule has 4 rings (SSSR count). The third-order valence-corrected chi connectivity index (χ3v) is 9.06. The molecule has 38 heavy (non-hydrogen) atoms. The van der Waals surface area contributed by atoms with Gasteiger partial charge in [-0.15, -0.1) is 0 Å². The van der Waals surface area contributed by atoms with Gasteiger partial charge in [-0.25, -0.2) is 13.1 Å². The van der Waals surface area contributed by atoms with Gasteiger partial charge in [-0.1, -0.05) is 37.1 Å². The maximum absolute atomic E-state index is 13.0. The van der Waals surface area contributed by atoms with Crippen molar-refractivity contribution in [3.8, 4) is 0 Å². The quantitative estimate of drug-likeness (QED) is 0.382. The number of carbonyl (C=O) groups excluding carboxylic acids is 1. The number of nitrogens with one attached hydrogen (secondary N) is 3. The zero-order valence-electron chi connectivity index (χ0n) is 21.8. The van der Waals surface area contributed by atoms with Crippen LogP contribution in [0.3, 0.4) is 0 Å². The van der Waals surface area contributed by atoms with E-state index in [-0.39, 0.29) is 24.4 Å². The van der Waals surface area contributed by atoms with E-state index in [1.54, 1.807) is 0 Å². The smallest absolute Gasteiger partial charge is 0.349 e. The lowest BCUT2D eigenvalue weighted by molar-refractivity contribution is -0.137. The molecular formula is C28H36F3N3O3S. The van der Waals surface area contributed by atoms with E-state index in [9.17, 15) is 26.4 Å². The molecule has 2 aliphatic rings. The van der Waals surface area contributed by atoms with Crippen molar-refractivity contribution in [2.24, 2.45) is 0 Å². The van der Waals surface area contributed by atoms with Crippen molar-refractivity contribution >= 4 is 15.9 Å². The number of fused-ring (bicyclic) bond motifs is 1. The van der Waals surface area contributed by atoms with Gasteiger partial charge >= 0.3 is 6.18 Å². The van der Waals surface area contributed by atoms with Crippen LogP contribution in [-0.2, 0) is 27.4 Å². The molecule has 3 atom stereocenters. The van der Waals surface area contributed by atoms with Gasteiger partial charge in [0.15, 0.2) is 0 Å². The number of carbonyl (C=O) groups is 1. The van der Waals surface area contributed by atoms with Crippen molar-refractivity contribution in [3.63, 3.8) is 0 Å². The molecule has 0 bridgehead atoms. The minimum absolute atomic E-state index is 0.134. The zero-order valence-corrected chi connectivity index (χ0v) is 22.6. The lowest BCUT2D eigenvalue weighted by Crippen LogP contribution is -2.39. The molecule has 6 nitrogen and oxygen atoms in total. The summed E-state index contributed by atoms with van der Waals surface area (Å²) in [5.74, 6) is -0.317. The molecule has 0 aliphatic heterocycles. The number of hydrogen-bond donors (Lipinski definition) is 3. The molecular weight excluding hydrogens is 515 g/mol. The van der Waals surface area contributed by atoms with E-state index in [4.69, 9.17) is 0 Å². The van der Waals surface area contributed by atoms with Gasteiger partial charge < -0.3 is 10.6 Å². The number of benzene rings is 2. The minimum atomic E-state index is -4.65. The SMILES string of the molecule is C[C@H](NC1CCCC1)c1ccc2c(c1)CCCC2NC(=O)C[C@H](C)NS(=O)(=O)c1cccc(C(F)(F)F)c1. The Morgan fingerprint density at radius 3 is 2.47 bits per heavy atom. The van der Waals surface area contributed by atoms with Crippen LogP contribution in [-0.4, -0.2) is 26.4 Å². The summed E-state index contributed by atoms with van der Waals surface area (Å²) in [6.07, 6.45) is 2.88. The Labute approximate surface area is 222 Å². The van der Waals surface area contributed by atoms with E-state index in [0.717, 1.165) is 43.0 Å². The highest BCUT2D eigenvalue weighted by Crippen LogP contribution is 2.33. The van der Waals surface area contributed by atoms with Crippen LogP contribution >= 0.6 is 0 Å². The summed E-state index contributed by atoms with van der Waals surface area (Å²) in [6.45, 7) is 3.70. The van der Waals surface area contributed by atoms with E-state index < -0.39 is 32.7 Å². The van der Waals surface area contributed by atoms with E-state index >= 15 is 0 Å². The Kier molecular flexibility index (Phi) is 8.84. The number of amides is 1. The molecule has 0 radical (unpaired) electrons. The summed E-state index contributed by atoms with van der Waals surface area (Å²) < 4.78 is 66.6. The number of aryl methyl sites for hydroxylation is 1. The molecule has 10 heteroatoms. The first-order valence-electron chi connectivity index (χ1n) is 13.3. The van der Waals surface area contributed by atoms with Gasteiger partial charge in [0.25, 0.3) is 0 Å². The van der Waals surface area contributed by atoms with Gasteiger partial charge in [-0.2, -0.15) is 13.2 Å². The van der Waals surface area contributed by atoms with Crippen molar-refractivity contribution in [3.05, 3.63) is 64.7 Å². The molecule has 208 valence electrons. The highest BCUT2D eigenvalue weighted by molar-refractivity contribution is 7.89. The first kappa shape index (κ1) is 28.6. The predicted octanol–water partition coefficient (Wildman–Crippen LogP) is 5.55. The van der Waals surface area contributed by atoms with Crippen molar-refractivity contribution < 1.29 is 26.4 Å². The standard InChI is InChI=1S/C28H36F3N3O3S/c1-18(34-38(36,37)24-11-6-8-22(17-24)28(29,30)31)15-27(35)33-26-12-5-7-21-16-20(13-14-25(21)26)19(2)32-23-9-3-4-10-23/h6,8,11,13-14,16-19,23,26,32,34H,3-5,7,9-10,12,15H2,1-2H3,(H,33,35)/t18-,19-,26?/m0/s1. The number of hydrogen-bond acceptors (Lipinski definition) is 4. The first-order valence-corrected chi connectivity index (χ1v) is 14.8. The predicted molar refractivity (Wildman–Crippen MR) is 140 cm³/mol. The van der Waals surface area contributed by atoms with Crippen LogP contribution in [0.15, 0.2) is 47.4 Å². The number of halogens is 3. The Morgan fingerprint density at radius 2 is 1.76 bits per heavy atom. The summed E-state index contributed by atoms with van der Waals surface area (Å²) in [4.78, 5) is 12.3. The normalized spacial score (nSPS) is 20.1. The molecule has 1 amide bonds. The summed E-state index contributed by atoms with van der Waals surface area (Å²) in [6, 6.07) is 9.84. The fourth-order valence-corrected chi connectivity index (χ4v) is 6.83. The summed E-state index contributed by atoms with van der Waals surface area (Å²) >= 11 is 0. The van der Waals surface area contributed by atoms with E-state index in [2.05, 4.69) is 40.5 Å².